The van der Waals surface area contributed by atoms with E-state index in [4.69, 9.17) is 17.3 Å². The number of hydrogen-bond donors (Lipinski definition) is 2. The predicted octanol–water partition coefficient (Wildman–Crippen LogP) is 1.87. The number of nitrogens with two attached hydrogens (primary N) is 1. The molecule has 5 heteroatoms. The average molecular weight is 282 g/mol. The standard InChI is InChI=1S/C14H20ClN3O/c1-17-8-10-3-2-6-18(9-10)13-5-4-11(14(16)19)7-12(13)15/h4-5,7,10,17H,2-3,6,8-9H2,1H3,(H2,16,19). The molecule has 19 heavy (non-hydrogen) atoms. The van der Waals surface area contributed by atoms with E-state index in [1.54, 1.807) is 12.1 Å². The van der Waals surface area contributed by atoms with Crippen molar-refractivity contribution in [3.05, 3.63) is 28.8 Å². The molecule has 1 amide bonds. The summed E-state index contributed by atoms with van der Waals surface area (Å²) in [6, 6.07) is 5.29. The summed E-state index contributed by atoms with van der Waals surface area (Å²) in [6.07, 6.45) is 2.41. The Kier molecular flexibility index (Phi) is 4.66. The van der Waals surface area contributed by atoms with Gasteiger partial charge in [0.25, 0.3) is 0 Å². The van der Waals surface area contributed by atoms with Crippen LogP contribution in [-0.4, -0.2) is 32.6 Å². The third-order valence-corrected chi connectivity index (χ3v) is 3.89. The van der Waals surface area contributed by atoms with Crippen LogP contribution in [0.1, 0.15) is 23.2 Å². The smallest absolute Gasteiger partial charge is 0.248 e. The monoisotopic (exact) mass is 281 g/mol. The van der Waals surface area contributed by atoms with Gasteiger partial charge >= 0.3 is 0 Å². The molecule has 2 rings (SSSR count). The molecule has 0 bridgehead atoms. The van der Waals surface area contributed by atoms with E-state index < -0.39 is 5.91 Å². The van der Waals surface area contributed by atoms with Crippen molar-refractivity contribution in [3.63, 3.8) is 0 Å². The molecule has 1 aliphatic heterocycles. The summed E-state index contributed by atoms with van der Waals surface area (Å²) in [5, 5.41) is 3.83. The molecule has 0 radical (unpaired) electrons. The maximum Gasteiger partial charge on any atom is 0.248 e. The van der Waals surface area contributed by atoms with Crippen LogP contribution < -0.4 is 16.0 Å². The van der Waals surface area contributed by atoms with Crippen LogP contribution in [0, 0.1) is 5.92 Å². The largest absolute Gasteiger partial charge is 0.370 e. The normalized spacial score (nSPS) is 19.5. The van der Waals surface area contributed by atoms with Gasteiger partial charge in [0, 0.05) is 18.7 Å². The van der Waals surface area contributed by atoms with E-state index in [0.717, 1.165) is 25.3 Å². The summed E-state index contributed by atoms with van der Waals surface area (Å²) in [6.45, 7) is 3.03. The van der Waals surface area contributed by atoms with Gasteiger partial charge in [-0.25, -0.2) is 0 Å². The zero-order valence-electron chi connectivity index (χ0n) is 11.2. The zero-order chi connectivity index (χ0) is 13.8. The Morgan fingerprint density at radius 2 is 2.37 bits per heavy atom. The molecule has 1 fully saturated rings. The number of piperidine rings is 1. The highest BCUT2D eigenvalue weighted by atomic mass is 35.5. The molecule has 0 saturated carbocycles. The van der Waals surface area contributed by atoms with Crippen molar-refractivity contribution in [2.45, 2.75) is 12.8 Å². The number of amides is 1. The number of nitrogens with one attached hydrogen (secondary N) is 1. The Bertz CT molecular complexity index is 462. The molecule has 1 aliphatic rings. The van der Waals surface area contributed by atoms with Crippen LogP contribution in [0.3, 0.4) is 0 Å². The summed E-state index contributed by atoms with van der Waals surface area (Å²) < 4.78 is 0. The van der Waals surface area contributed by atoms with Crippen LogP contribution in [0.15, 0.2) is 18.2 Å². The van der Waals surface area contributed by atoms with E-state index in [0.29, 0.717) is 16.5 Å². The number of carbonyl (C=O) groups is 1. The van der Waals surface area contributed by atoms with Gasteiger partial charge in [-0.3, -0.25) is 4.79 Å². The van der Waals surface area contributed by atoms with Gasteiger partial charge in [0.15, 0.2) is 0 Å². The molecule has 4 nitrogen and oxygen atoms in total. The number of nitrogens with zero attached hydrogens (tertiary/aromatic N) is 1. The molecule has 1 heterocycles. The molecule has 1 atom stereocenters. The quantitative estimate of drug-likeness (QED) is 0.886. The topological polar surface area (TPSA) is 58.4 Å². The van der Waals surface area contributed by atoms with Gasteiger partial charge in [0.1, 0.15) is 0 Å². The molecule has 0 spiro atoms. The summed E-state index contributed by atoms with van der Waals surface area (Å²) in [5.74, 6) is 0.200. The average Bonchev–Trinajstić information content (AvgIpc) is 2.39. The third kappa shape index (κ3) is 3.39. The molecule has 0 aliphatic carbocycles. The van der Waals surface area contributed by atoms with Gasteiger partial charge in [-0.2, -0.15) is 0 Å². The first kappa shape index (κ1) is 14.2. The second-order valence-electron chi connectivity index (χ2n) is 5.04. The maximum atomic E-state index is 11.1. The van der Waals surface area contributed by atoms with Gasteiger partial charge < -0.3 is 16.0 Å². The number of anilines is 1. The summed E-state index contributed by atoms with van der Waals surface area (Å²) in [7, 11) is 1.98. The van der Waals surface area contributed by atoms with Crippen LogP contribution >= 0.6 is 11.6 Å². The highest BCUT2D eigenvalue weighted by Gasteiger charge is 2.21. The molecular weight excluding hydrogens is 262 g/mol. The van der Waals surface area contributed by atoms with E-state index >= 15 is 0 Å². The Balaban J connectivity index is 2.15. The van der Waals surface area contributed by atoms with Crippen molar-refractivity contribution in [3.8, 4) is 0 Å². The van der Waals surface area contributed by atoms with Gasteiger partial charge in [-0.15, -0.1) is 0 Å². The lowest BCUT2D eigenvalue weighted by molar-refractivity contribution is 0.100. The molecule has 1 aromatic rings. The van der Waals surface area contributed by atoms with Crippen LogP contribution in [0.4, 0.5) is 5.69 Å². The second kappa shape index (κ2) is 6.26. The number of rotatable bonds is 4. The fourth-order valence-electron chi connectivity index (χ4n) is 2.66. The van der Waals surface area contributed by atoms with Crippen LogP contribution in [0.25, 0.3) is 0 Å². The van der Waals surface area contributed by atoms with Crippen LogP contribution in [-0.2, 0) is 0 Å². The lowest BCUT2D eigenvalue weighted by Crippen LogP contribution is -2.39. The minimum atomic E-state index is -0.444. The second-order valence-corrected chi connectivity index (χ2v) is 5.45. The molecule has 1 unspecified atom stereocenters. The number of benzene rings is 1. The maximum absolute atomic E-state index is 11.1. The Morgan fingerprint density at radius 3 is 3.00 bits per heavy atom. The van der Waals surface area contributed by atoms with Gasteiger partial charge in [0.05, 0.1) is 10.7 Å². The third-order valence-electron chi connectivity index (χ3n) is 3.58. The Labute approximate surface area is 118 Å². The van der Waals surface area contributed by atoms with Crippen molar-refractivity contribution < 1.29 is 4.79 Å². The van der Waals surface area contributed by atoms with E-state index in [-0.39, 0.29) is 0 Å². The number of primary amides is 1. The van der Waals surface area contributed by atoms with Crippen molar-refractivity contribution >= 4 is 23.2 Å². The fourth-order valence-corrected chi connectivity index (χ4v) is 2.96. The number of hydrogen-bond acceptors (Lipinski definition) is 3. The van der Waals surface area contributed by atoms with Gasteiger partial charge in [0.2, 0.25) is 5.91 Å². The number of carbonyl (C=O) groups excluding carboxylic acids is 1. The molecule has 1 saturated heterocycles. The highest BCUT2D eigenvalue weighted by molar-refractivity contribution is 6.33. The SMILES string of the molecule is CNCC1CCCN(c2ccc(C(N)=O)cc2Cl)C1. The molecule has 3 N–H and O–H groups in total. The predicted molar refractivity (Wildman–Crippen MR) is 78.8 cm³/mol. The van der Waals surface area contributed by atoms with E-state index in [1.807, 2.05) is 13.1 Å². The van der Waals surface area contributed by atoms with E-state index in [1.165, 1.54) is 12.8 Å². The fraction of sp³-hybridized carbons (Fsp3) is 0.500. The number of halogens is 1. The summed E-state index contributed by atoms with van der Waals surface area (Å²) in [4.78, 5) is 13.4. The van der Waals surface area contributed by atoms with E-state index in [2.05, 4.69) is 10.2 Å². The van der Waals surface area contributed by atoms with Crippen molar-refractivity contribution in [2.75, 3.05) is 31.6 Å². The zero-order valence-corrected chi connectivity index (χ0v) is 11.9. The first-order chi connectivity index (χ1) is 9.11. The minimum absolute atomic E-state index is 0.444. The first-order valence-electron chi connectivity index (χ1n) is 6.60. The van der Waals surface area contributed by atoms with E-state index in [9.17, 15) is 4.79 Å². The molecule has 1 aromatic carbocycles. The summed E-state index contributed by atoms with van der Waals surface area (Å²) in [5.41, 5.74) is 6.70. The van der Waals surface area contributed by atoms with Crippen LogP contribution in [0.2, 0.25) is 5.02 Å². The van der Waals surface area contributed by atoms with Crippen molar-refractivity contribution in [1.82, 2.24) is 5.32 Å². The van der Waals surface area contributed by atoms with Gasteiger partial charge in [-0.1, -0.05) is 11.6 Å². The van der Waals surface area contributed by atoms with Gasteiger partial charge in [-0.05, 0) is 50.6 Å². The summed E-state index contributed by atoms with van der Waals surface area (Å²) >= 11 is 6.27. The Morgan fingerprint density at radius 1 is 1.58 bits per heavy atom. The molecular formula is C14H20ClN3O. The van der Waals surface area contributed by atoms with Crippen LogP contribution in [0.5, 0.6) is 0 Å². The first-order valence-corrected chi connectivity index (χ1v) is 6.98. The molecule has 0 aromatic heterocycles. The Hall–Kier alpha value is -1.26. The molecule has 104 valence electrons. The van der Waals surface area contributed by atoms with Crippen molar-refractivity contribution in [2.24, 2.45) is 11.7 Å². The minimum Gasteiger partial charge on any atom is -0.370 e. The van der Waals surface area contributed by atoms with Crippen molar-refractivity contribution in [1.29, 1.82) is 0 Å². The lowest BCUT2D eigenvalue weighted by Gasteiger charge is -2.35. The highest BCUT2D eigenvalue weighted by Crippen LogP contribution is 2.30. The lowest BCUT2D eigenvalue weighted by atomic mass is 9.97.